The minimum Gasteiger partial charge on any atom is -0.364 e. The Morgan fingerprint density at radius 3 is 2.83 bits per heavy atom. The number of halogens is 1. The normalized spacial score (nSPS) is 8.83. The van der Waals surface area contributed by atoms with E-state index in [9.17, 15) is 0 Å². The Labute approximate surface area is 43.3 Å². The smallest absolute Gasteiger partial charge is 0.138 e. The zero-order valence-corrected chi connectivity index (χ0v) is 4.47. The van der Waals surface area contributed by atoms with E-state index < -0.39 is 0 Å². The fraction of sp³-hybridized carbons (Fsp3) is 0. The largest absolute Gasteiger partial charge is 0.364 e. The van der Waals surface area contributed by atoms with Gasteiger partial charge in [0, 0.05) is 0 Å². The van der Waals surface area contributed by atoms with Gasteiger partial charge in [0.1, 0.15) is 6.26 Å². The lowest BCUT2D eigenvalue weighted by molar-refractivity contribution is 0.419. The molecule has 0 fully saturated rings. The molecule has 1 rings (SSSR count). The van der Waals surface area contributed by atoms with Crippen LogP contribution >= 0.6 is 15.9 Å². The average Bonchev–Trinajstić information content (AvgIpc) is 1.86. The summed E-state index contributed by atoms with van der Waals surface area (Å²) in [5.41, 5.74) is 0. The second-order valence-corrected chi connectivity index (χ2v) is 1.76. The predicted octanol–water partition coefficient (Wildman–Crippen LogP) is 1.44. The number of rotatable bonds is 0. The molecule has 0 amide bonds. The second-order valence-electron chi connectivity index (χ2n) is 0.843. The minimum atomic E-state index is 0.877. The topological polar surface area (TPSA) is 26.0 Å². The molecule has 0 aromatic carbocycles. The van der Waals surface area contributed by atoms with Crippen LogP contribution in [0.1, 0.15) is 0 Å². The molecule has 6 heavy (non-hydrogen) atoms. The van der Waals surface area contributed by atoms with Crippen molar-refractivity contribution in [1.29, 1.82) is 0 Å². The van der Waals surface area contributed by atoms with E-state index in [-0.39, 0.29) is 0 Å². The molecule has 3 heteroatoms. The van der Waals surface area contributed by atoms with E-state index in [2.05, 4.69) is 25.6 Å². The van der Waals surface area contributed by atoms with Crippen LogP contribution in [0.3, 0.4) is 0 Å². The lowest BCUT2D eigenvalue weighted by Gasteiger charge is -1.56. The fourth-order valence-corrected chi connectivity index (χ4v) is 0.359. The van der Waals surface area contributed by atoms with Crippen molar-refractivity contribution in [3.8, 4) is 0 Å². The molecule has 0 saturated carbocycles. The van der Waals surface area contributed by atoms with E-state index in [0.29, 0.717) is 0 Å². The Morgan fingerprint density at radius 2 is 2.67 bits per heavy atom. The Balaban J connectivity index is 3.05. The second kappa shape index (κ2) is 1.43. The maximum absolute atomic E-state index is 4.42. The van der Waals surface area contributed by atoms with Crippen molar-refractivity contribution >= 4 is 15.9 Å². The van der Waals surface area contributed by atoms with Crippen molar-refractivity contribution in [3.05, 3.63) is 16.9 Å². The first kappa shape index (κ1) is 3.87. The van der Waals surface area contributed by atoms with Gasteiger partial charge in [-0.2, -0.15) is 0 Å². The van der Waals surface area contributed by atoms with Gasteiger partial charge in [0.05, 0.1) is 10.7 Å². The zero-order chi connectivity index (χ0) is 4.41. The summed E-state index contributed by atoms with van der Waals surface area (Å²) in [6.45, 7) is 0. The molecule has 1 heterocycles. The van der Waals surface area contributed by atoms with Gasteiger partial charge in [-0.3, -0.25) is 0 Å². The SMILES string of the molecule is Brc1cnoc1. The highest BCUT2D eigenvalue weighted by Crippen LogP contribution is 2.03. The molecule has 0 radical (unpaired) electrons. The van der Waals surface area contributed by atoms with Crippen molar-refractivity contribution < 1.29 is 4.52 Å². The third kappa shape index (κ3) is 0.597. The van der Waals surface area contributed by atoms with Gasteiger partial charge in [-0.15, -0.1) is 0 Å². The molecular formula is C3H2BrNO. The Kier molecular flexibility index (Phi) is 0.919. The van der Waals surface area contributed by atoms with Gasteiger partial charge in [0.2, 0.25) is 0 Å². The highest BCUT2D eigenvalue weighted by atomic mass is 79.9. The van der Waals surface area contributed by atoms with E-state index in [1.54, 1.807) is 6.20 Å². The van der Waals surface area contributed by atoms with Crippen molar-refractivity contribution in [1.82, 2.24) is 5.16 Å². The molecule has 0 spiro atoms. The molecule has 2 nitrogen and oxygen atoms in total. The summed E-state index contributed by atoms with van der Waals surface area (Å²) < 4.78 is 5.29. The van der Waals surface area contributed by atoms with Crippen LogP contribution in [0, 0.1) is 0 Å². The van der Waals surface area contributed by atoms with Crippen LogP contribution in [0.5, 0.6) is 0 Å². The summed E-state index contributed by atoms with van der Waals surface area (Å²) in [5, 5.41) is 3.40. The standard InChI is InChI=1S/C3H2BrNO/c4-3-1-5-6-2-3/h1-2H. The third-order valence-electron chi connectivity index (χ3n) is 0.402. The monoisotopic (exact) mass is 147 g/mol. The molecule has 0 bridgehead atoms. The van der Waals surface area contributed by atoms with Gasteiger partial charge in [-0.25, -0.2) is 0 Å². The van der Waals surface area contributed by atoms with Gasteiger partial charge in [0.15, 0.2) is 0 Å². The van der Waals surface area contributed by atoms with Gasteiger partial charge < -0.3 is 4.52 Å². The molecule has 0 N–H and O–H groups in total. The van der Waals surface area contributed by atoms with Gasteiger partial charge in [0.25, 0.3) is 0 Å². The number of aromatic nitrogens is 1. The molecule has 0 aliphatic heterocycles. The van der Waals surface area contributed by atoms with Crippen molar-refractivity contribution in [2.75, 3.05) is 0 Å². The van der Waals surface area contributed by atoms with Gasteiger partial charge in [-0.05, 0) is 15.9 Å². The number of hydrogen-bond acceptors (Lipinski definition) is 2. The van der Waals surface area contributed by atoms with E-state index in [1.165, 1.54) is 6.26 Å². The molecule has 0 aliphatic rings. The molecule has 0 unspecified atom stereocenters. The highest BCUT2D eigenvalue weighted by Gasteiger charge is 1.80. The van der Waals surface area contributed by atoms with E-state index in [1.807, 2.05) is 0 Å². The lowest BCUT2D eigenvalue weighted by atomic mass is 10.8. The van der Waals surface area contributed by atoms with E-state index in [4.69, 9.17) is 0 Å². The Morgan fingerprint density at radius 1 is 1.83 bits per heavy atom. The summed E-state index contributed by atoms with van der Waals surface area (Å²) in [6, 6.07) is 0. The first-order chi connectivity index (χ1) is 2.89. The van der Waals surface area contributed by atoms with Gasteiger partial charge >= 0.3 is 0 Å². The van der Waals surface area contributed by atoms with Crippen LogP contribution in [0.15, 0.2) is 21.5 Å². The Bertz CT molecular complexity index is 114. The van der Waals surface area contributed by atoms with Crippen molar-refractivity contribution in [3.63, 3.8) is 0 Å². The van der Waals surface area contributed by atoms with E-state index in [0.717, 1.165) is 4.47 Å². The van der Waals surface area contributed by atoms with Gasteiger partial charge in [-0.1, -0.05) is 5.16 Å². The van der Waals surface area contributed by atoms with Crippen molar-refractivity contribution in [2.24, 2.45) is 0 Å². The summed E-state index contributed by atoms with van der Waals surface area (Å²) in [4.78, 5) is 0. The maximum Gasteiger partial charge on any atom is 0.138 e. The Hall–Kier alpha value is -0.310. The maximum atomic E-state index is 4.42. The highest BCUT2D eigenvalue weighted by molar-refractivity contribution is 9.10. The fourth-order valence-electron chi connectivity index (χ4n) is 0.192. The minimum absolute atomic E-state index is 0.877. The third-order valence-corrected chi connectivity index (χ3v) is 0.794. The predicted molar refractivity (Wildman–Crippen MR) is 24.2 cm³/mol. The van der Waals surface area contributed by atoms with Crippen molar-refractivity contribution in [2.45, 2.75) is 0 Å². The number of hydrogen-bond donors (Lipinski definition) is 0. The summed E-state index contributed by atoms with van der Waals surface area (Å²) >= 11 is 3.12. The molecular weight excluding hydrogens is 146 g/mol. The zero-order valence-electron chi connectivity index (χ0n) is 2.89. The molecule has 0 aliphatic carbocycles. The molecule has 0 atom stereocenters. The first-order valence-electron chi connectivity index (χ1n) is 1.44. The van der Waals surface area contributed by atoms with Crippen LogP contribution in [0.25, 0.3) is 0 Å². The summed E-state index contributed by atoms with van der Waals surface area (Å²) in [5.74, 6) is 0. The summed E-state index contributed by atoms with van der Waals surface area (Å²) in [6.07, 6.45) is 3.10. The van der Waals surface area contributed by atoms with Crippen LogP contribution in [0.4, 0.5) is 0 Å². The number of nitrogens with zero attached hydrogens (tertiary/aromatic N) is 1. The van der Waals surface area contributed by atoms with Crippen LogP contribution in [-0.2, 0) is 0 Å². The van der Waals surface area contributed by atoms with E-state index >= 15 is 0 Å². The lowest BCUT2D eigenvalue weighted by Crippen LogP contribution is -1.42. The molecule has 0 saturated heterocycles. The first-order valence-corrected chi connectivity index (χ1v) is 2.24. The van der Waals surface area contributed by atoms with Crippen LogP contribution in [0.2, 0.25) is 0 Å². The molecule has 1 aromatic heterocycles. The van der Waals surface area contributed by atoms with Crippen LogP contribution < -0.4 is 0 Å². The van der Waals surface area contributed by atoms with Crippen LogP contribution in [-0.4, -0.2) is 5.16 Å². The molecule has 1 aromatic rings. The average molecular weight is 148 g/mol. The summed E-state index contributed by atoms with van der Waals surface area (Å²) in [7, 11) is 0. The molecule has 32 valence electrons. The quantitative estimate of drug-likeness (QED) is 0.556.